The van der Waals surface area contributed by atoms with Crippen LogP contribution in [0, 0.1) is 11.6 Å². The van der Waals surface area contributed by atoms with Crippen LogP contribution in [-0.4, -0.2) is 62.2 Å². The number of para-hydroxylation sites is 2. The second-order valence-electron chi connectivity index (χ2n) is 14.2. The van der Waals surface area contributed by atoms with Crippen LogP contribution in [0.25, 0.3) is 61.7 Å². The highest BCUT2D eigenvalue weighted by Gasteiger charge is 2.15. The van der Waals surface area contributed by atoms with Crippen molar-refractivity contribution in [3.8, 4) is 22.5 Å². The van der Waals surface area contributed by atoms with Crippen molar-refractivity contribution in [1.82, 2.24) is 49.1 Å². The zero-order valence-electron chi connectivity index (χ0n) is 32.7. The van der Waals surface area contributed by atoms with E-state index in [0.29, 0.717) is 34.7 Å². The molecule has 0 aliphatic rings. The molecule has 0 amide bonds. The fourth-order valence-corrected chi connectivity index (χ4v) is 7.36. The molecule has 12 nitrogen and oxygen atoms in total. The van der Waals surface area contributed by atoms with Crippen LogP contribution >= 0.6 is 0 Å². The molecule has 0 saturated heterocycles. The minimum Gasteiger partial charge on any atom is -0.370 e. The lowest BCUT2D eigenvalue weighted by atomic mass is 10.1. The zero-order valence-corrected chi connectivity index (χ0v) is 32.7. The van der Waals surface area contributed by atoms with Gasteiger partial charge in [0.1, 0.15) is 23.3 Å². The molecule has 0 fully saturated rings. The Morgan fingerprint density at radius 2 is 1.15 bits per heavy atom. The number of fused-ring (bicyclic) bond motifs is 4. The molecule has 2 aromatic carbocycles. The maximum atomic E-state index is 13.7. The highest BCUT2D eigenvalue weighted by Crippen LogP contribution is 2.27. The summed E-state index contributed by atoms with van der Waals surface area (Å²) in [6, 6.07) is 23.2. The summed E-state index contributed by atoms with van der Waals surface area (Å²) in [5.74, 6) is 0.804. The molecule has 0 unspecified atom stereocenters. The Hall–Kier alpha value is -7.74. The van der Waals surface area contributed by atoms with Gasteiger partial charge >= 0.3 is 0 Å². The van der Waals surface area contributed by atoms with Crippen LogP contribution in [0.4, 0.5) is 20.4 Å². The Bertz CT molecular complexity index is 3120. The van der Waals surface area contributed by atoms with Gasteiger partial charge in [-0.15, -0.1) is 0 Å². The lowest BCUT2D eigenvalue weighted by Crippen LogP contribution is -2.10. The van der Waals surface area contributed by atoms with Gasteiger partial charge in [0.25, 0.3) is 0 Å². The van der Waals surface area contributed by atoms with Gasteiger partial charge in [-0.1, -0.05) is 56.0 Å². The number of benzene rings is 2. The van der Waals surface area contributed by atoms with E-state index >= 15 is 0 Å². The monoisotopic (exact) mass is 798 g/mol. The van der Waals surface area contributed by atoms with E-state index < -0.39 is 5.82 Å². The van der Waals surface area contributed by atoms with Crippen molar-refractivity contribution in [2.45, 2.75) is 26.2 Å². The maximum Gasteiger partial charge on any atom is 0.165 e. The molecule has 0 bridgehead atoms. The van der Waals surface area contributed by atoms with Crippen LogP contribution in [0.2, 0.25) is 0 Å². The van der Waals surface area contributed by atoms with Crippen molar-refractivity contribution < 1.29 is 8.78 Å². The van der Waals surface area contributed by atoms with Crippen molar-refractivity contribution in [3.05, 3.63) is 163 Å². The number of hydrogen-bond donors (Lipinski definition) is 4. The second kappa shape index (κ2) is 16.6. The highest BCUT2D eigenvalue weighted by molar-refractivity contribution is 5.84. The topological polar surface area (TPSA) is 142 Å². The summed E-state index contributed by atoms with van der Waals surface area (Å²) in [5, 5.41) is 18.3. The summed E-state index contributed by atoms with van der Waals surface area (Å²) in [4.78, 5) is 23.9. The highest BCUT2D eigenvalue weighted by atomic mass is 19.1. The van der Waals surface area contributed by atoms with E-state index in [9.17, 15) is 8.78 Å². The summed E-state index contributed by atoms with van der Waals surface area (Å²) < 4.78 is 31.0. The van der Waals surface area contributed by atoms with E-state index in [4.69, 9.17) is 4.98 Å². The molecule has 0 aliphatic heterocycles. The van der Waals surface area contributed by atoms with E-state index in [-0.39, 0.29) is 5.82 Å². The first-order chi connectivity index (χ1) is 29.4. The van der Waals surface area contributed by atoms with Gasteiger partial charge in [-0.3, -0.25) is 9.97 Å². The zero-order chi connectivity index (χ0) is 41.0. The molecule has 0 saturated carbocycles. The number of anilines is 2. The number of aryl methyl sites for hydroxylation is 1. The largest absolute Gasteiger partial charge is 0.370 e. The van der Waals surface area contributed by atoms with E-state index in [2.05, 4.69) is 95.8 Å². The molecule has 14 heteroatoms. The number of pyridine rings is 2. The molecule has 10 aromatic rings. The number of aromatic amines is 2. The van der Waals surface area contributed by atoms with Crippen LogP contribution in [0.5, 0.6) is 0 Å². The van der Waals surface area contributed by atoms with E-state index in [1.165, 1.54) is 46.4 Å². The van der Waals surface area contributed by atoms with Gasteiger partial charge in [0.05, 0.1) is 36.2 Å². The summed E-state index contributed by atoms with van der Waals surface area (Å²) in [6.45, 7) is 7.33. The first-order valence-corrected chi connectivity index (χ1v) is 19.6. The van der Waals surface area contributed by atoms with Gasteiger partial charge < -0.3 is 20.6 Å². The predicted molar refractivity (Wildman–Crippen MR) is 233 cm³/mol. The first kappa shape index (κ1) is 37.8. The smallest absolute Gasteiger partial charge is 0.165 e. The van der Waals surface area contributed by atoms with E-state index in [1.54, 1.807) is 29.2 Å². The lowest BCUT2D eigenvalue weighted by Gasteiger charge is -2.11. The van der Waals surface area contributed by atoms with Crippen molar-refractivity contribution >= 4 is 50.8 Å². The number of rotatable bonds is 12. The van der Waals surface area contributed by atoms with Gasteiger partial charge in [0.2, 0.25) is 0 Å². The first-order valence-electron chi connectivity index (χ1n) is 19.6. The number of hydrogen-bond acceptors (Lipinski definition) is 8. The molecule has 0 radical (unpaired) electrons. The third-order valence-electron chi connectivity index (χ3n) is 10.4. The number of halogens is 2. The maximum absolute atomic E-state index is 13.7. The van der Waals surface area contributed by atoms with Crippen LogP contribution < -0.4 is 10.6 Å². The molecule has 60 heavy (non-hydrogen) atoms. The van der Waals surface area contributed by atoms with Crippen molar-refractivity contribution in [2.24, 2.45) is 0 Å². The summed E-state index contributed by atoms with van der Waals surface area (Å²) in [6.07, 6.45) is 17.5. The third kappa shape index (κ3) is 7.65. The molecule has 0 aliphatic carbocycles. The van der Waals surface area contributed by atoms with Crippen LogP contribution in [0.1, 0.15) is 29.2 Å². The van der Waals surface area contributed by atoms with Gasteiger partial charge in [-0.25, -0.2) is 18.7 Å². The van der Waals surface area contributed by atoms with Gasteiger partial charge in [0.15, 0.2) is 11.3 Å². The lowest BCUT2D eigenvalue weighted by molar-refractivity contribution is 0.621. The third-order valence-corrected chi connectivity index (χ3v) is 10.4. The molecule has 8 aromatic heterocycles. The van der Waals surface area contributed by atoms with Crippen molar-refractivity contribution in [3.63, 3.8) is 0 Å². The second-order valence-corrected chi connectivity index (χ2v) is 14.2. The molecule has 8 heterocycles. The molecular weight excluding hydrogens is 759 g/mol. The fraction of sp³-hybridized carbons (Fsp3) is 0.130. The fourth-order valence-electron chi connectivity index (χ4n) is 7.36. The Labute approximate surface area is 343 Å². The van der Waals surface area contributed by atoms with Crippen LogP contribution in [0.3, 0.4) is 0 Å². The van der Waals surface area contributed by atoms with Gasteiger partial charge in [-0.2, -0.15) is 19.2 Å². The average molecular weight is 799 g/mol. The van der Waals surface area contributed by atoms with Gasteiger partial charge in [0, 0.05) is 94.1 Å². The summed E-state index contributed by atoms with van der Waals surface area (Å²) >= 11 is 0. The summed E-state index contributed by atoms with van der Waals surface area (Å²) in [5.41, 5.74) is 10.6. The molecule has 10 rings (SSSR count). The predicted octanol–water partition coefficient (Wildman–Crippen LogP) is 9.34. The SMILES string of the molecule is C=Cc1cnn2c(NCCc3c[nH]c4ccccc34)cc(-c3cncc(F)c3)nc12.CCc1cnn2c(NCCc3c[nH]c4ccccc34)cc(-c3cncc(F)c3)nc12. The molecule has 0 spiro atoms. The van der Waals surface area contributed by atoms with Crippen LogP contribution in [0.15, 0.2) is 129 Å². The van der Waals surface area contributed by atoms with Crippen molar-refractivity contribution in [2.75, 3.05) is 23.7 Å². The van der Waals surface area contributed by atoms with E-state index in [1.807, 2.05) is 47.2 Å². The normalized spacial score (nSPS) is 11.3. The summed E-state index contributed by atoms with van der Waals surface area (Å²) in [7, 11) is 0. The Balaban J connectivity index is 0.000000154. The Kier molecular flexibility index (Phi) is 10.5. The van der Waals surface area contributed by atoms with Crippen molar-refractivity contribution in [1.29, 1.82) is 0 Å². The number of aromatic nitrogens is 10. The van der Waals surface area contributed by atoms with E-state index in [0.717, 1.165) is 65.3 Å². The number of H-pyrrole nitrogens is 2. The molecule has 298 valence electrons. The average Bonchev–Trinajstić information content (AvgIpc) is 4.09. The quantitative estimate of drug-likeness (QED) is 0.0959. The Morgan fingerprint density at radius 3 is 1.68 bits per heavy atom. The van der Waals surface area contributed by atoms with Crippen LogP contribution in [-0.2, 0) is 19.3 Å². The minimum absolute atomic E-state index is 0.382. The standard InChI is InChI=1S/C23H21FN6.C23H19FN6/c2*1-2-15-13-28-30-22(10-21(29-23(15)30)17-9-18(24)14-25-11-17)26-8-7-16-12-27-20-6-4-3-5-19(16)20/h3-6,9-14,26-27H,2,7-8H2,1H3;2-6,9-14,26-27H,1,7-8H2. The molecule has 4 N–H and O–H groups in total. The number of nitrogens with zero attached hydrogens (tertiary/aromatic N) is 8. The Morgan fingerprint density at radius 1 is 0.633 bits per heavy atom. The molecule has 0 atom stereocenters. The molecular formula is C46H40F2N12. The number of nitrogens with one attached hydrogen (secondary N) is 4. The van der Waals surface area contributed by atoms with Gasteiger partial charge in [-0.05, 0) is 54.7 Å². The minimum atomic E-state index is -0.402.